The van der Waals surface area contributed by atoms with Gasteiger partial charge in [-0.2, -0.15) is 0 Å². The third kappa shape index (κ3) is 2.89. The van der Waals surface area contributed by atoms with Gasteiger partial charge in [-0.15, -0.1) is 11.3 Å². The van der Waals surface area contributed by atoms with E-state index in [-0.39, 0.29) is 5.56 Å². The molecule has 18 heavy (non-hydrogen) atoms. The first kappa shape index (κ1) is 12.6. The fraction of sp³-hybridized carbons (Fsp3) is 0.214. The summed E-state index contributed by atoms with van der Waals surface area (Å²) >= 11 is 1.60. The smallest absolute Gasteiger partial charge is 0.251 e. The minimum atomic E-state index is 0.0149. The number of thiophene rings is 1. The van der Waals surface area contributed by atoms with Crippen LogP contribution in [0, 0.1) is 18.8 Å². The molecule has 0 aliphatic rings. The molecule has 0 aliphatic carbocycles. The van der Waals surface area contributed by atoms with E-state index in [0.717, 1.165) is 16.0 Å². The van der Waals surface area contributed by atoms with E-state index in [0.29, 0.717) is 13.1 Å². The molecule has 2 rings (SSSR count). The van der Waals surface area contributed by atoms with Crippen LogP contribution in [0.1, 0.15) is 16.0 Å². The van der Waals surface area contributed by atoms with Crippen molar-refractivity contribution in [2.45, 2.75) is 13.5 Å². The van der Waals surface area contributed by atoms with Crippen molar-refractivity contribution >= 4 is 11.3 Å². The largest absolute Gasteiger partial charge is 0.320 e. The molecule has 2 N–H and O–H groups in total. The Hall–Kier alpha value is -1.83. The summed E-state index contributed by atoms with van der Waals surface area (Å²) in [6.07, 6.45) is 1.82. The van der Waals surface area contributed by atoms with Crippen LogP contribution in [-0.2, 0) is 6.54 Å². The van der Waals surface area contributed by atoms with Gasteiger partial charge in [0.2, 0.25) is 0 Å². The van der Waals surface area contributed by atoms with Gasteiger partial charge in [-0.3, -0.25) is 4.79 Å². The lowest BCUT2D eigenvalue weighted by Crippen LogP contribution is -2.19. The van der Waals surface area contributed by atoms with Gasteiger partial charge in [0.05, 0.1) is 13.1 Å². The van der Waals surface area contributed by atoms with Gasteiger partial charge >= 0.3 is 0 Å². The lowest BCUT2D eigenvalue weighted by Gasteiger charge is -2.04. The van der Waals surface area contributed by atoms with E-state index < -0.39 is 0 Å². The van der Waals surface area contributed by atoms with Gasteiger partial charge in [0, 0.05) is 22.7 Å². The molecule has 0 spiro atoms. The predicted molar refractivity (Wildman–Crippen MR) is 74.8 cm³/mol. The van der Waals surface area contributed by atoms with Crippen molar-refractivity contribution in [3.8, 4) is 11.8 Å². The molecule has 0 fully saturated rings. The molecule has 0 atom stereocenters. The van der Waals surface area contributed by atoms with Crippen LogP contribution in [0.2, 0.25) is 0 Å². The minimum absolute atomic E-state index is 0.0149. The fourth-order valence-corrected chi connectivity index (χ4v) is 2.44. The van der Waals surface area contributed by atoms with Crippen molar-refractivity contribution in [1.29, 1.82) is 0 Å². The van der Waals surface area contributed by atoms with Crippen molar-refractivity contribution in [2.24, 2.45) is 5.73 Å². The third-order valence-corrected chi connectivity index (χ3v) is 3.44. The molecule has 0 bridgehead atoms. The molecule has 0 radical (unpaired) electrons. The normalized spacial score (nSPS) is 9.89. The molecule has 2 aromatic heterocycles. The van der Waals surface area contributed by atoms with Gasteiger partial charge < -0.3 is 10.3 Å². The number of pyridine rings is 1. The van der Waals surface area contributed by atoms with E-state index in [4.69, 9.17) is 5.73 Å². The molecule has 2 heterocycles. The Kier molecular flexibility index (Phi) is 3.98. The van der Waals surface area contributed by atoms with Gasteiger partial charge in [0.1, 0.15) is 0 Å². The van der Waals surface area contributed by atoms with E-state index in [2.05, 4.69) is 11.8 Å². The quantitative estimate of drug-likeness (QED) is 0.831. The lowest BCUT2D eigenvalue weighted by atomic mass is 10.2. The number of nitrogens with zero attached hydrogens (tertiary/aromatic N) is 1. The van der Waals surface area contributed by atoms with Crippen LogP contribution in [0.15, 0.2) is 34.6 Å². The van der Waals surface area contributed by atoms with E-state index in [1.165, 1.54) is 0 Å². The molecule has 92 valence electrons. The van der Waals surface area contributed by atoms with Crippen LogP contribution in [0.5, 0.6) is 0 Å². The summed E-state index contributed by atoms with van der Waals surface area (Å²) in [6.45, 7) is 2.82. The first-order valence-corrected chi connectivity index (χ1v) is 6.51. The first-order chi connectivity index (χ1) is 8.70. The second kappa shape index (κ2) is 5.67. The van der Waals surface area contributed by atoms with Gasteiger partial charge in [-0.05, 0) is 30.0 Å². The Bertz CT molecular complexity index is 658. The number of hydrogen-bond acceptors (Lipinski definition) is 3. The Labute approximate surface area is 110 Å². The molecular weight excluding hydrogens is 244 g/mol. The number of aromatic nitrogens is 1. The van der Waals surface area contributed by atoms with Crippen LogP contribution < -0.4 is 11.3 Å². The van der Waals surface area contributed by atoms with Crippen molar-refractivity contribution in [3.63, 3.8) is 0 Å². The second-order valence-electron chi connectivity index (χ2n) is 3.93. The van der Waals surface area contributed by atoms with E-state index in [9.17, 15) is 4.79 Å². The fourth-order valence-electron chi connectivity index (χ4n) is 1.61. The molecule has 0 aromatic carbocycles. The molecule has 0 unspecified atom stereocenters. The third-order valence-electron chi connectivity index (χ3n) is 2.54. The zero-order valence-corrected chi connectivity index (χ0v) is 11.0. The molecule has 3 nitrogen and oxygen atoms in total. The van der Waals surface area contributed by atoms with Gasteiger partial charge in [-0.1, -0.05) is 11.8 Å². The lowest BCUT2D eigenvalue weighted by molar-refractivity contribution is 0.766. The van der Waals surface area contributed by atoms with Crippen LogP contribution in [0.25, 0.3) is 0 Å². The maximum atomic E-state index is 11.8. The van der Waals surface area contributed by atoms with Gasteiger partial charge in [0.15, 0.2) is 0 Å². The van der Waals surface area contributed by atoms with Crippen molar-refractivity contribution < 1.29 is 0 Å². The highest BCUT2D eigenvalue weighted by Gasteiger charge is 2.04. The topological polar surface area (TPSA) is 48.0 Å². The summed E-state index contributed by atoms with van der Waals surface area (Å²) in [4.78, 5) is 12.9. The average Bonchev–Trinajstić information content (AvgIpc) is 2.77. The van der Waals surface area contributed by atoms with Crippen LogP contribution in [0.4, 0.5) is 0 Å². The summed E-state index contributed by atoms with van der Waals surface area (Å²) in [7, 11) is 0. The van der Waals surface area contributed by atoms with Crippen molar-refractivity contribution in [3.05, 3.63) is 56.1 Å². The number of hydrogen-bond donors (Lipinski definition) is 1. The Morgan fingerprint density at radius 2 is 2.28 bits per heavy atom. The minimum Gasteiger partial charge on any atom is -0.320 e. The highest BCUT2D eigenvalue weighted by atomic mass is 32.1. The number of rotatable bonds is 2. The van der Waals surface area contributed by atoms with Crippen LogP contribution >= 0.6 is 11.3 Å². The molecule has 0 saturated heterocycles. The van der Waals surface area contributed by atoms with E-state index >= 15 is 0 Å². The molecule has 2 aromatic rings. The van der Waals surface area contributed by atoms with E-state index in [1.54, 1.807) is 22.0 Å². The number of aryl methyl sites for hydroxylation is 1. The predicted octanol–water partition coefficient (Wildman–Crippen LogP) is 1.58. The highest BCUT2D eigenvalue weighted by molar-refractivity contribution is 7.10. The summed E-state index contributed by atoms with van der Waals surface area (Å²) in [5, 5.41) is 1.98. The maximum Gasteiger partial charge on any atom is 0.251 e. The molecule has 0 saturated carbocycles. The molecule has 0 amide bonds. The maximum absolute atomic E-state index is 11.8. The summed E-state index contributed by atoms with van der Waals surface area (Å²) < 4.78 is 1.69. The van der Waals surface area contributed by atoms with Crippen molar-refractivity contribution in [2.75, 3.05) is 6.54 Å². The Balaban J connectivity index is 2.29. The summed E-state index contributed by atoms with van der Waals surface area (Å²) in [5.74, 6) is 5.86. The Morgan fingerprint density at radius 1 is 1.44 bits per heavy atom. The second-order valence-corrected chi connectivity index (χ2v) is 4.93. The molecular formula is C14H14N2OS. The summed E-state index contributed by atoms with van der Waals surface area (Å²) in [5.41, 5.74) is 7.31. The standard InChI is InChI=1S/C14H14N2OS/c1-11-4-7-16(14(17)9-11)10-13-12(3-2-6-15)5-8-18-13/h4-5,7-9H,6,10,15H2,1H3. The van der Waals surface area contributed by atoms with Crippen molar-refractivity contribution in [1.82, 2.24) is 4.57 Å². The monoisotopic (exact) mass is 258 g/mol. The van der Waals surface area contributed by atoms with Gasteiger partial charge in [-0.25, -0.2) is 0 Å². The van der Waals surface area contributed by atoms with E-state index in [1.807, 2.05) is 30.6 Å². The zero-order chi connectivity index (χ0) is 13.0. The molecule has 0 aliphatic heterocycles. The summed E-state index contributed by atoms with van der Waals surface area (Å²) in [6, 6.07) is 5.53. The average molecular weight is 258 g/mol. The Morgan fingerprint density at radius 3 is 3.00 bits per heavy atom. The number of nitrogens with two attached hydrogens (primary N) is 1. The SMILES string of the molecule is Cc1ccn(Cc2sccc2C#CCN)c(=O)c1. The van der Waals surface area contributed by atoms with Crippen LogP contribution in [-0.4, -0.2) is 11.1 Å². The first-order valence-electron chi connectivity index (χ1n) is 5.63. The molecule has 4 heteroatoms. The van der Waals surface area contributed by atoms with Gasteiger partial charge in [0.25, 0.3) is 5.56 Å². The highest BCUT2D eigenvalue weighted by Crippen LogP contribution is 2.16. The zero-order valence-electron chi connectivity index (χ0n) is 10.1. The van der Waals surface area contributed by atoms with Crippen LogP contribution in [0.3, 0.4) is 0 Å².